The molecule has 0 aliphatic carbocycles. The van der Waals surface area contributed by atoms with E-state index in [-0.39, 0.29) is 34.3 Å². The van der Waals surface area contributed by atoms with Crippen LogP contribution in [0.25, 0.3) is 0 Å². The maximum absolute atomic E-state index is 13.2. The number of carbonyl (C=O) groups excluding carboxylic acids is 2. The van der Waals surface area contributed by atoms with Gasteiger partial charge in [0.05, 0.1) is 17.2 Å². The first kappa shape index (κ1) is 22.4. The number of carbonyl (C=O) groups is 2. The molecule has 1 N–H and O–H groups in total. The monoisotopic (exact) mass is 460 g/mol. The van der Waals surface area contributed by atoms with E-state index in [9.17, 15) is 18.0 Å². The van der Waals surface area contributed by atoms with E-state index in [4.69, 9.17) is 4.74 Å². The largest absolute Gasteiger partial charge is 0.461 e. The predicted molar refractivity (Wildman–Crippen MR) is 117 cm³/mol. The highest BCUT2D eigenvalue weighted by molar-refractivity contribution is 7.92. The summed E-state index contributed by atoms with van der Waals surface area (Å²) >= 11 is 0.822. The molecule has 0 spiro atoms. The number of aromatic nitrogens is 2. The summed E-state index contributed by atoms with van der Waals surface area (Å²) in [5.41, 5.74) is 0.522. The highest BCUT2D eigenvalue weighted by atomic mass is 32.2. The van der Waals surface area contributed by atoms with Gasteiger partial charge in [-0.15, -0.1) is 5.10 Å². The molecule has 0 saturated heterocycles. The molecule has 0 aliphatic heterocycles. The molecule has 31 heavy (non-hydrogen) atoms. The van der Waals surface area contributed by atoms with Crippen molar-refractivity contribution < 1.29 is 22.7 Å². The normalized spacial score (nSPS) is 11.0. The Morgan fingerprint density at radius 1 is 1.10 bits per heavy atom. The minimum atomic E-state index is -3.89. The van der Waals surface area contributed by atoms with Gasteiger partial charge in [0, 0.05) is 23.6 Å². The van der Waals surface area contributed by atoms with Crippen molar-refractivity contribution in [2.75, 3.05) is 22.8 Å². The fourth-order valence-corrected chi connectivity index (χ4v) is 4.86. The molecular weight excluding hydrogens is 440 g/mol. The van der Waals surface area contributed by atoms with Crippen molar-refractivity contribution in [1.82, 2.24) is 9.59 Å². The van der Waals surface area contributed by atoms with E-state index in [1.54, 1.807) is 44.2 Å². The van der Waals surface area contributed by atoms with E-state index in [2.05, 4.69) is 14.9 Å². The molecule has 0 aliphatic rings. The van der Waals surface area contributed by atoms with Gasteiger partial charge in [-0.25, -0.2) is 13.2 Å². The summed E-state index contributed by atoms with van der Waals surface area (Å²) in [5, 5.41) is 6.35. The van der Waals surface area contributed by atoms with E-state index in [1.807, 2.05) is 0 Å². The lowest BCUT2D eigenvalue weighted by molar-refractivity contribution is 0.0520. The third kappa shape index (κ3) is 4.89. The zero-order chi connectivity index (χ0) is 22.4. The average Bonchev–Trinajstić information content (AvgIpc) is 3.23. The quantitative estimate of drug-likeness (QED) is 0.513. The van der Waals surface area contributed by atoms with Gasteiger partial charge >= 0.3 is 5.97 Å². The first-order valence-electron chi connectivity index (χ1n) is 9.37. The number of nitrogens with zero attached hydrogens (tertiary/aromatic N) is 3. The minimum Gasteiger partial charge on any atom is -0.461 e. The molecule has 3 aromatic rings. The standard InChI is InChI=1S/C20H20N4O5S2/c1-3-24(15-10-6-5-7-11-15)31(27,28)16-12-8-9-14(13-16)18(25)21-19-17(22-23-30-19)20(26)29-4-2/h5-13H,3-4H2,1-2H3,(H,21,25). The van der Waals surface area contributed by atoms with Gasteiger partial charge in [-0.3, -0.25) is 9.10 Å². The van der Waals surface area contributed by atoms with E-state index >= 15 is 0 Å². The van der Waals surface area contributed by atoms with E-state index < -0.39 is 21.9 Å². The second-order valence-corrected chi connectivity index (χ2v) is 8.77. The average molecular weight is 461 g/mol. The Kier molecular flexibility index (Phi) is 6.98. The van der Waals surface area contributed by atoms with Crippen molar-refractivity contribution in [2.45, 2.75) is 18.7 Å². The summed E-state index contributed by atoms with van der Waals surface area (Å²) in [6.07, 6.45) is 0. The molecule has 9 nitrogen and oxygen atoms in total. The molecule has 3 rings (SSSR count). The van der Waals surface area contributed by atoms with Gasteiger partial charge in [0.25, 0.3) is 15.9 Å². The topological polar surface area (TPSA) is 119 Å². The molecule has 0 unspecified atom stereocenters. The number of benzene rings is 2. The number of ether oxygens (including phenoxy) is 1. The first-order chi connectivity index (χ1) is 14.9. The van der Waals surface area contributed by atoms with Crippen LogP contribution in [0, 0.1) is 0 Å². The second-order valence-electron chi connectivity index (χ2n) is 6.16. The minimum absolute atomic E-state index is 0.0288. The Hall–Kier alpha value is -3.31. The van der Waals surface area contributed by atoms with Crippen molar-refractivity contribution in [2.24, 2.45) is 0 Å². The molecule has 0 fully saturated rings. The van der Waals surface area contributed by atoms with Crippen molar-refractivity contribution in [1.29, 1.82) is 0 Å². The summed E-state index contributed by atoms with van der Waals surface area (Å²) in [4.78, 5) is 24.6. The van der Waals surface area contributed by atoms with Crippen LogP contribution < -0.4 is 9.62 Å². The number of hydrogen-bond acceptors (Lipinski definition) is 8. The number of hydrogen-bond donors (Lipinski definition) is 1. The number of amides is 1. The van der Waals surface area contributed by atoms with Gasteiger partial charge in [0.1, 0.15) is 0 Å². The fourth-order valence-electron chi connectivity index (χ4n) is 2.79. The van der Waals surface area contributed by atoms with Gasteiger partial charge in [0.15, 0.2) is 5.00 Å². The molecule has 1 amide bonds. The fraction of sp³-hybridized carbons (Fsp3) is 0.200. The molecule has 1 heterocycles. The van der Waals surface area contributed by atoms with Crippen LogP contribution in [-0.4, -0.2) is 43.0 Å². The van der Waals surface area contributed by atoms with Gasteiger partial charge in [-0.05, 0) is 44.2 Å². The third-order valence-electron chi connectivity index (χ3n) is 4.20. The predicted octanol–water partition coefficient (Wildman–Crippen LogP) is 3.18. The van der Waals surface area contributed by atoms with Gasteiger partial charge < -0.3 is 10.1 Å². The molecule has 0 atom stereocenters. The summed E-state index contributed by atoms with van der Waals surface area (Å²) < 4.78 is 36.2. The lowest BCUT2D eigenvalue weighted by Crippen LogP contribution is -2.31. The number of esters is 1. The van der Waals surface area contributed by atoms with Gasteiger partial charge in [0.2, 0.25) is 5.69 Å². The van der Waals surface area contributed by atoms with Crippen molar-refractivity contribution >= 4 is 44.1 Å². The Morgan fingerprint density at radius 3 is 2.52 bits per heavy atom. The Balaban J connectivity index is 1.87. The molecule has 0 radical (unpaired) electrons. The van der Waals surface area contributed by atoms with E-state index in [1.165, 1.54) is 28.6 Å². The third-order valence-corrected chi connectivity index (χ3v) is 6.74. The van der Waals surface area contributed by atoms with Crippen LogP contribution in [0.3, 0.4) is 0 Å². The molecular formula is C20H20N4O5S2. The number of anilines is 2. The van der Waals surface area contributed by atoms with Crippen LogP contribution in [0.4, 0.5) is 10.7 Å². The zero-order valence-corrected chi connectivity index (χ0v) is 18.4. The number of sulfonamides is 1. The van der Waals surface area contributed by atoms with Crippen LogP contribution in [0.15, 0.2) is 59.5 Å². The van der Waals surface area contributed by atoms with Crippen LogP contribution in [0.2, 0.25) is 0 Å². The summed E-state index contributed by atoms with van der Waals surface area (Å²) in [5.74, 6) is -1.30. The van der Waals surface area contributed by atoms with Crippen LogP contribution in [0.5, 0.6) is 0 Å². The van der Waals surface area contributed by atoms with E-state index in [0.29, 0.717) is 5.69 Å². The number of para-hydroxylation sites is 1. The first-order valence-corrected chi connectivity index (χ1v) is 11.6. The van der Waals surface area contributed by atoms with Crippen molar-refractivity contribution in [3.8, 4) is 0 Å². The number of rotatable bonds is 8. The Bertz CT molecular complexity index is 1180. The lowest BCUT2D eigenvalue weighted by atomic mass is 10.2. The zero-order valence-electron chi connectivity index (χ0n) is 16.8. The maximum Gasteiger partial charge on any atom is 0.362 e. The van der Waals surface area contributed by atoms with Crippen LogP contribution in [-0.2, 0) is 14.8 Å². The molecule has 0 saturated carbocycles. The highest BCUT2D eigenvalue weighted by Crippen LogP contribution is 2.25. The van der Waals surface area contributed by atoms with Crippen molar-refractivity contribution in [3.63, 3.8) is 0 Å². The van der Waals surface area contributed by atoms with Gasteiger partial charge in [-0.2, -0.15) is 0 Å². The maximum atomic E-state index is 13.2. The Morgan fingerprint density at radius 2 is 1.84 bits per heavy atom. The molecule has 1 aromatic heterocycles. The summed E-state index contributed by atoms with van der Waals surface area (Å²) in [6, 6.07) is 14.4. The smallest absolute Gasteiger partial charge is 0.362 e. The lowest BCUT2D eigenvalue weighted by Gasteiger charge is -2.23. The second kappa shape index (κ2) is 9.67. The summed E-state index contributed by atoms with van der Waals surface area (Å²) in [6.45, 7) is 3.75. The van der Waals surface area contributed by atoms with Crippen molar-refractivity contribution in [3.05, 3.63) is 65.9 Å². The highest BCUT2D eigenvalue weighted by Gasteiger charge is 2.25. The molecule has 2 aromatic carbocycles. The van der Waals surface area contributed by atoms with Gasteiger partial charge in [-0.1, -0.05) is 28.8 Å². The molecule has 0 bridgehead atoms. The molecule has 162 valence electrons. The van der Waals surface area contributed by atoms with Crippen LogP contribution >= 0.6 is 11.5 Å². The number of nitrogens with one attached hydrogen (secondary N) is 1. The Labute approximate surface area is 183 Å². The van der Waals surface area contributed by atoms with Crippen LogP contribution in [0.1, 0.15) is 34.7 Å². The molecule has 11 heteroatoms. The van der Waals surface area contributed by atoms with E-state index in [0.717, 1.165) is 11.5 Å². The summed E-state index contributed by atoms with van der Waals surface area (Å²) in [7, 11) is -3.89. The SMILES string of the molecule is CCOC(=O)c1nnsc1NC(=O)c1cccc(S(=O)(=O)N(CC)c2ccccc2)c1.